The second-order valence-corrected chi connectivity index (χ2v) is 5.54. The molecular formula is C15H18N2O3. The van der Waals surface area contributed by atoms with Crippen molar-refractivity contribution in [2.24, 2.45) is 11.8 Å². The molecule has 4 amide bonds. The number of imide groups is 2. The summed E-state index contributed by atoms with van der Waals surface area (Å²) >= 11 is 0. The average molecular weight is 274 g/mol. The van der Waals surface area contributed by atoms with Crippen molar-refractivity contribution in [3.05, 3.63) is 29.3 Å². The summed E-state index contributed by atoms with van der Waals surface area (Å²) in [4.78, 5) is 37.3. The molecule has 20 heavy (non-hydrogen) atoms. The monoisotopic (exact) mass is 274 g/mol. The van der Waals surface area contributed by atoms with Gasteiger partial charge in [0.25, 0.3) is 0 Å². The van der Waals surface area contributed by atoms with Crippen molar-refractivity contribution >= 4 is 23.5 Å². The zero-order valence-corrected chi connectivity index (χ0v) is 12.1. The summed E-state index contributed by atoms with van der Waals surface area (Å²) < 4.78 is 0. The van der Waals surface area contributed by atoms with E-state index in [1.54, 1.807) is 26.0 Å². The fraction of sp³-hybridized carbons (Fsp3) is 0.400. The summed E-state index contributed by atoms with van der Waals surface area (Å²) in [5.41, 5.74) is 2.42. The van der Waals surface area contributed by atoms with E-state index in [2.05, 4.69) is 5.32 Å². The number of benzene rings is 1. The number of barbiturate groups is 1. The lowest BCUT2D eigenvalue weighted by Gasteiger charge is -2.32. The first-order chi connectivity index (χ1) is 9.31. The lowest BCUT2D eigenvalue weighted by atomic mass is 9.91. The molecule has 0 bridgehead atoms. The van der Waals surface area contributed by atoms with Gasteiger partial charge in [-0.3, -0.25) is 14.9 Å². The van der Waals surface area contributed by atoms with Crippen molar-refractivity contribution in [2.45, 2.75) is 27.7 Å². The van der Waals surface area contributed by atoms with Crippen LogP contribution in [0.25, 0.3) is 0 Å². The van der Waals surface area contributed by atoms with Crippen molar-refractivity contribution in [3.63, 3.8) is 0 Å². The molecule has 1 aliphatic rings. The molecular weight excluding hydrogens is 256 g/mol. The van der Waals surface area contributed by atoms with Crippen molar-refractivity contribution in [1.82, 2.24) is 5.32 Å². The molecule has 1 fully saturated rings. The van der Waals surface area contributed by atoms with Crippen LogP contribution in [-0.2, 0) is 9.59 Å². The minimum absolute atomic E-state index is 0.163. The first kappa shape index (κ1) is 14.2. The molecule has 0 spiro atoms. The Morgan fingerprint density at radius 1 is 1.05 bits per heavy atom. The van der Waals surface area contributed by atoms with Gasteiger partial charge in [-0.15, -0.1) is 0 Å². The first-order valence-corrected chi connectivity index (χ1v) is 6.58. The summed E-state index contributed by atoms with van der Waals surface area (Å²) in [5, 5.41) is 2.26. The Balaban J connectivity index is 2.46. The third kappa shape index (κ3) is 2.43. The molecule has 1 saturated heterocycles. The van der Waals surface area contributed by atoms with Gasteiger partial charge in [-0.25, -0.2) is 9.69 Å². The Hall–Kier alpha value is -2.17. The SMILES string of the molecule is Cc1cc(C)cc(N2C(=O)NC(=O)C(C(C)C)C2=O)c1. The van der Waals surface area contributed by atoms with Crippen LogP contribution in [0.15, 0.2) is 18.2 Å². The summed E-state index contributed by atoms with van der Waals surface area (Å²) in [6, 6.07) is 4.80. The van der Waals surface area contributed by atoms with E-state index in [9.17, 15) is 14.4 Å². The molecule has 2 rings (SSSR count). The molecule has 0 saturated carbocycles. The van der Waals surface area contributed by atoms with E-state index in [1.807, 2.05) is 19.9 Å². The van der Waals surface area contributed by atoms with Crippen LogP contribution in [0.1, 0.15) is 25.0 Å². The molecule has 1 aliphatic heterocycles. The number of rotatable bonds is 2. The maximum absolute atomic E-state index is 12.5. The zero-order valence-electron chi connectivity index (χ0n) is 12.1. The maximum atomic E-state index is 12.5. The molecule has 1 aromatic carbocycles. The van der Waals surface area contributed by atoms with Gasteiger partial charge in [-0.1, -0.05) is 19.9 Å². The number of nitrogens with zero attached hydrogens (tertiary/aromatic N) is 1. The quantitative estimate of drug-likeness (QED) is 0.840. The Kier molecular flexibility index (Phi) is 3.61. The zero-order chi connectivity index (χ0) is 15.0. The number of hydrogen-bond donors (Lipinski definition) is 1. The highest BCUT2D eigenvalue weighted by Crippen LogP contribution is 2.26. The molecule has 0 aliphatic carbocycles. The molecule has 1 atom stereocenters. The number of nitrogens with one attached hydrogen (secondary N) is 1. The van der Waals surface area contributed by atoms with Crippen molar-refractivity contribution in [2.75, 3.05) is 4.90 Å². The minimum Gasteiger partial charge on any atom is -0.277 e. The van der Waals surface area contributed by atoms with E-state index >= 15 is 0 Å². The van der Waals surface area contributed by atoms with Crippen LogP contribution in [0, 0.1) is 25.7 Å². The molecule has 5 nitrogen and oxygen atoms in total. The third-order valence-corrected chi connectivity index (χ3v) is 3.33. The van der Waals surface area contributed by atoms with Gasteiger partial charge in [0.05, 0.1) is 5.69 Å². The number of urea groups is 1. The van der Waals surface area contributed by atoms with Crippen LogP contribution in [-0.4, -0.2) is 17.8 Å². The van der Waals surface area contributed by atoms with Crippen LogP contribution >= 0.6 is 0 Å². The van der Waals surface area contributed by atoms with Crippen molar-refractivity contribution in [3.8, 4) is 0 Å². The number of anilines is 1. The highest BCUT2D eigenvalue weighted by molar-refractivity contribution is 6.27. The fourth-order valence-electron chi connectivity index (χ4n) is 2.50. The Bertz CT molecular complexity index is 573. The normalized spacial score (nSPS) is 19.6. The molecule has 1 aromatic rings. The number of hydrogen-bond acceptors (Lipinski definition) is 3. The van der Waals surface area contributed by atoms with E-state index < -0.39 is 23.8 Å². The Morgan fingerprint density at radius 2 is 1.60 bits per heavy atom. The highest BCUT2D eigenvalue weighted by atomic mass is 16.2. The van der Waals surface area contributed by atoms with Gasteiger partial charge in [0, 0.05) is 0 Å². The van der Waals surface area contributed by atoms with Gasteiger partial charge in [0.1, 0.15) is 5.92 Å². The Morgan fingerprint density at radius 3 is 2.10 bits per heavy atom. The number of amides is 4. The molecule has 106 valence electrons. The summed E-state index contributed by atoms with van der Waals surface area (Å²) in [5.74, 6) is -1.97. The van der Waals surface area contributed by atoms with E-state index in [4.69, 9.17) is 0 Å². The summed E-state index contributed by atoms with van der Waals surface area (Å²) in [6.45, 7) is 7.37. The van der Waals surface area contributed by atoms with E-state index in [0.717, 1.165) is 16.0 Å². The lowest BCUT2D eigenvalue weighted by Crippen LogP contribution is -2.59. The molecule has 0 aromatic heterocycles. The van der Waals surface area contributed by atoms with E-state index in [1.165, 1.54) is 0 Å². The smallest absolute Gasteiger partial charge is 0.277 e. The second-order valence-electron chi connectivity index (χ2n) is 5.54. The predicted octanol–water partition coefficient (Wildman–Crippen LogP) is 2.16. The molecule has 1 unspecified atom stereocenters. The summed E-state index contributed by atoms with van der Waals surface area (Å²) in [6.07, 6.45) is 0. The van der Waals surface area contributed by atoms with Gasteiger partial charge in [0.2, 0.25) is 11.8 Å². The van der Waals surface area contributed by atoms with Crippen LogP contribution < -0.4 is 10.2 Å². The van der Waals surface area contributed by atoms with Crippen LogP contribution in [0.4, 0.5) is 10.5 Å². The van der Waals surface area contributed by atoms with Gasteiger partial charge in [0.15, 0.2) is 0 Å². The fourth-order valence-corrected chi connectivity index (χ4v) is 2.50. The first-order valence-electron chi connectivity index (χ1n) is 6.58. The van der Waals surface area contributed by atoms with Crippen LogP contribution in [0.5, 0.6) is 0 Å². The van der Waals surface area contributed by atoms with Crippen LogP contribution in [0.3, 0.4) is 0 Å². The van der Waals surface area contributed by atoms with E-state index in [-0.39, 0.29) is 5.92 Å². The molecule has 1 heterocycles. The van der Waals surface area contributed by atoms with E-state index in [0.29, 0.717) is 5.69 Å². The summed E-state index contributed by atoms with van der Waals surface area (Å²) in [7, 11) is 0. The van der Waals surface area contributed by atoms with Crippen molar-refractivity contribution < 1.29 is 14.4 Å². The average Bonchev–Trinajstić information content (AvgIpc) is 2.25. The molecule has 1 N–H and O–H groups in total. The Labute approximate surface area is 118 Å². The minimum atomic E-state index is -0.825. The largest absolute Gasteiger partial charge is 0.335 e. The number of aryl methyl sites for hydroxylation is 2. The van der Waals surface area contributed by atoms with Gasteiger partial charge >= 0.3 is 6.03 Å². The van der Waals surface area contributed by atoms with Crippen molar-refractivity contribution in [1.29, 1.82) is 0 Å². The van der Waals surface area contributed by atoms with Gasteiger partial charge in [-0.05, 0) is 43.0 Å². The lowest BCUT2D eigenvalue weighted by molar-refractivity contribution is -0.136. The number of carbonyl (C=O) groups excluding carboxylic acids is 3. The second kappa shape index (κ2) is 5.07. The topological polar surface area (TPSA) is 66.5 Å². The standard InChI is InChI=1S/C15H18N2O3/c1-8(2)12-13(18)16-15(20)17(14(12)19)11-6-9(3)5-10(4)7-11/h5-8,12H,1-4H3,(H,16,18,20). The highest BCUT2D eigenvalue weighted by Gasteiger charge is 2.42. The predicted molar refractivity (Wildman–Crippen MR) is 75.3 cm³/mol. The third-order valence-electron chi connectivity index (χ3n) is 3.33. The molecule has 5 heteroatoms. The molecule has 0 radical (unpaired) electrons. The number of carbonyl (C=O) groups is 3. The maximum Gasteiger partial charge on any atom is 0.335 e. The van der Waals surface area contributed by atoms with Gasteiger partial charge < -0.3 is 0 Å². The van der Waals surface area contributed by atoms with Crippen LogP contribution in [0.2, 0.25) is 0 Å². The van der Waals surface area contributed by atoms with Gasteiger partial charge in [-0.2, -0.15) is 0 Å².